The Bertz CT molecular complexity index is 1020. The molecule has 0 aliphatic rings. The minimum absolute atomic E-state index is 0.238. The van der Waals surface area contributed by atoms with Gasteiger partial charge in [-0.05, 0) is 47.9 Å². The topological polar surface area (TPSA) is 85.9 Å². The fourth-order valence-electron chi connectivity index (χ4n) is 2.77. The molecular formula is C24H24N2O5. The van der Waals surface area contributed by atoms with Gasteiger partial charge in [-0.15, -0.1) is 0 Å². The molecule has 3 aromatic rings. The fraction of sp³-hybridized carbons (Fsp3) is 0.167. The van der Waals surface area contributed by atoms with Crippen molar-refractivity contribution in [3.05, 3.63) is 78.4 Å². The predicted molar refractivity (Wildman–Crippen MR) is 117 cm³/mol. The Hall–Kier alpha value is -4.00. The Balaban J connectivity index is 1.39. The Morgan fingerprint density at radius 2 is 1.35 bits per heavy atom. The number of methoxy groups -OCH3 is 1. The Morgan fingerprint density at radius 1 is 0.742 bits per heavy atom. The third-order valence-corrected chi connectivity index (χ3v) is 4.35. The first-order chi connectivity index (χ1) is 15.0. The van der Waals surface area contributed by atoms with Crippen LogP contribution in [0.5, 0.6) is 17.2 Å². The molecule has 7 nitrogen and oxygen atoms in total. The highest BCUT2D eigenvalue weighted by atomic mass is 16.5. The van der Waals surface area contributed by atoms with E-state index < -0.39 is 11.8 Å². The van der Waals surface area contributed by atoms with E-state index in [-0.39, 0.29) is 13.2 Å². The van der Waals surface area contributed by atoms with Crippen LogP contribution in [-0.4, -0.2) is 32.1 Å². The van der Waals surface area contributed by atoms with Gasteiger partial charge in [-0.2, -0.15) is 0 Å². The van der Waals surface area contributed by atoms with Crippen LogP contribution < -0.4 is 25.1 Å². The fourth-order valence-corrected chi connectivity index (χ4v) is 2.77. The number of rotatable bonds is 8. The van der Waals surface area contributed by atoms with Crippen LogP contribution in [0.25, 0.3) is 11.1 Å². The zero-order valence-electron chi connectivity index (χ0n) is 17.4. The van der Waals surface area contributed by atoms with Crippen LogP contribution in [-0.2, 0) is 9.59 Å². The van der Waals surface area contributed by atoms with Gasteiger partial charge in [0.1, 0.15) is 5.75 Å². The van der Waals surface area contributed by atoms with E-state index in [0.29, 0.717) is 17.2 Å². The number of carbonyl (C=O) groups is 2. The van der Waals surface area contributed by atoms with Crippen LogP contribution in [0.15, 0.2) is 72.8 Å². The normalized spacial score (nSPS) is 10.1. The third-order valence-electron chi connectivity index (χ3n) is 4.35. The van der Waals surface area contributed by atoms with E-state index >= 15 is 0 Å². The Kier molecular flexibility index (Phi) is 7.48. The summed E-state index contributed by atoms with van der Waals surface area (Å²) in [7, 11) is 1.52. The minimum atomic E-state index is -0.511. The molecule has 3 rings (SSSR count). The number of amides is 2. The number of aryl methyl sites for hydroxylation is 1. The van der Waals surface area contributed by atoms with Gasteiger partial charge in [-0.3, -0.25) is 20.4 Å². The van der Waals surface area contributed by atoms with Gasteiger partial charge in [-0.1, -0.05) is 48.5 Å². The van der Waals surface area contributed by atoms with Crippen LogP contribution in [0.4, 0.5) is 0 Å². The average molecular weight is 420 g/mol. The average Bonchev–Trinajstić information content (AvgIpc) is 2.81. The molecule has 0 aliphatic carbocycles. The van der Waals surface area contributed by atoms with Crippen molar-refractivity contribution >= 4 is 11.8 Å². The Morgan fingerprint density at radius 3 is 2.00 bits per heavy atom. The molecule has 0 heterocycles. The number of nitrogens with one attached hydrogen (secondary N) is 2. The van der Waals surface area contributed by atoms with Gasteiger partial charge in [0.15, 0.2) is 24.7 Å². The summed E-state index contributed by atoms with van der Waals surface area (Å²) in [6.07, 6.45) is 0. The van der Waals surface area contributed by atoms with Crippen LogP contribution in [0, 0.1) is 6.92 Å². The van der Waals surface area contributed by atoms with Crippen LogP contribution >= 0.6 is 0 Å². The number of carbonyl (C=O) groups excluding carboxylic acids is 2. The zero-order valence-corrected chi connectivity index (χ0v) is 17.4. The maximum absolute atomic E-state index is 11.9. The SMILES string of the molecule is COc1cc(C)ccc1OCC(=O)NNC(=O)COc1ccc(-c2ccccc2)cc1. The van der Waals surface area contributed by atoms with Crippen LogP contribution in [0.2, 0.25) is 0 Å². The second-order valence-electron chi connectivity index (χ2n) is 6.72. The number of hydrazine groups is 1. The van der Waals surface area contributed by atoms with Crippen molar-refractivity contribution in [2.45, 2.75) is 6.92 Å². The zero-order chi connectivity index (χ0) is 22.1. The van der Waals surface area contributed by atoms with Crippen molar-refractivity contribution in [1.82, 2.24) is 10.9 Å². The van der Waals surface area contributed by atoms with E-state index in [1.54, 1.807) is 24.3 Å². The molecule has 0 aliphatic heterocycles. The molecule has 3 aromatic carbocycles. The maximum Gasteiger partial charge on any atom is 0.276 e. The summed E-state index contributed by atoms with van der Waals surface area (Å²) in [6, 6.07) is 22.7. The van der Waals surface area contributed by atoms with E-state index in [4.69, 9.17) is 14.2 Å². The highest BCUT2D eigenvalue weighted by molar-refractivity contribution is 5.83. The van der Waals surface area contributed by atoms with Crippen molar-refractivity contribution in [3.63, 3.8) is 0 Å². The molecule has 7 heteroatoms. The van der Waals surface area contributed by atoms with Crippen molar-refractivity contribution in [3.8, 4) is 28.4 Å². The second-order valence-corrected chi connectivity index (χ2v) is 6.72. The molecule has 2 amide bonds. The lowest BCUT2D eigenvalue weighted by atomic mass is 10.1. The summed E-state index contributed by atoms with van der Waals surface area (Å²) in [4.78, 5) is 23.8. The molecule has 0 spiro atoms. The van der Waals surface area contributed by atoms with Gasteiger partial charge in [0, 0.05) is 0 Å². The molecular weight excluding hydrogens is 396 g/mol. The first-order valence-electron chi connectivity index (χ1n) is 9.68. The lowest BCUT2D eigenvalue weighted by molar-refractivity contribution is -0.131. The number of hydrogen-bond acceptors (Lipinski definition) is 5. The quantitative estimate of drug-likeness (QED) is 0.547. The molecule has 0 bridgehead atoms. The smallest absolute Gasteiger partial charge is 0.276 e. The van der Waals surface area contributed by atoms with E-state index in [9.17, 15) is 9.59 Å². The molecule has 31 heavy (non-hydrogen) atoms. The van der Waals surface area contributed by atoms with Gasteiger partial charge in [0.25, 0.3) is 11.8 Å². The Labute approximate surface area is 180 Å². The van der Waals surface area contributed by atoms with Crippen molar-refractivity contribution in [2.24, 2.45) is 0 Å². The lowest BCUT2D eigenvalue weighted by Crippen LogP contribution is -2.45. The van der Waals surface area contributed by atoms with E-state index in [0.717, 1.165) is 16.7 Å². The van der Waals surface area contributed by atoms with Crippen LogP contribution in [0.3, 0.4) is 0 Å². The summed E-state index contributed by atoms with van der Waals surface area (Å²) in [6.45, 7) is 1.41. The van der Waals surface area contributed by atoms with Gasteiger partial charge in [0.05, 0.1) is 7.11 Å². The molecule has 0 radical (unpaired) electrons. The predicted octanol–water partition coefficient (Wildman–Crippen LogP) is 3.28. The molecule has 0 aromatic heterocycles. The molecule has 0 atom stereocenters. The van der Waals surface area contributed by atoms with Gasteiger partial charge in [0.2, 0.25) is 0 Å². The first kappa shape index (κ1) is 21.7. The monoisotopic (exact) mass is 420 g/mol. The van der Waals surface area contributed by atoms with Crippen molar-refractivity contribution in [1.29, 1.82) is 0 Å². The second kappa shape index (κ2) is 10.7. The third kappa shape index (κ3) is 6.50. The largest absolute Gasteiger partial charge is 0.493 e. The number of ether oxygens (including phenoxy) is 3. The highest BCUT2D eigenvalue weighted by Gasteiger charge is 2.09. The van der Waals surface area contributed by atoms with E-state index in [1.165, 1.54) is 7.11 Å². The molecule has 0 saturated heterocycles. The molecule has 0 unspecified atom stereocenters. The molecule has 0 fully saturated rings. The summed E-state index contributed by atoms with van der Waals surface area (Å²) < 4.78 is 16.1. The lowest BCUT2D eigenvalue weighted by Gasteiger charge is -2.12. The number of hydrogen-bond donors (Lipinski definition) is 2. The summed E-state index contributed by atoms with van der Waals surface area (Å²) in [5.41, 5.74) is 7.73. The van der Waals surface area contributed by atoms with E-state index in [2.05, 4.69) is 10.9 Å². The van der Waals surface area contributed by atoms with Gasteiger partial charge < -0.3 is 14.2 Å². The summed E-state index contributed by atoms with van der Waals surface area (Å²) >= 11 is 0. The maximum atomic E-state index is 11.9. The molecule has 160 valence electrons. The van der Waals surface area contributed by atoms with Gasteiger partial charge in [-0.25, -0.2) is 0 Å². The minimum Gasteiger partial charge on any atom is -0.493 e. The molecule has 0 saturated carbocycles. The summed E-state index contributed by atoms with van der Waals surface area (Å²) in [5.74, 6) is 0.521. The number of benzene rings is 3. The van der Waals surface area contributed by atoms with Gasteiger partial charge >= 0.3 is 0 Å². The summed E-state index contributed by atoms with van der Waals surface area (Å²) in [5, 5.41) is 0. The van der Waals surface area contributed by atoms with E-state index in [1.807, 2.05) is 55.5 Å². The van der Waals surface area contributed by atoms with Crippen LogP contribution in [0.1, 0.15) is 5.56 Å². The standard InChI is InChI=1S/C24H24N2O5/c1-17-8-13-21(22(14-17)29-2)31-16-24(28)26-25-23(27)15-30-20-11-9-19(10-12-20)18-6-4-3-5-7-18/h3-14H,15-16H2,1-2H3,(H,25,27)(H,26,28). The van der Waals surface area contributed by atoms with Crippen molar-refractivity contribution in [2.75, 3.05) is 20.3 Å². The first-order valence-corrected chi connectivity index (χ1v) is 9.68. The highest BCUT2D eigenvalue weighted by Crippen LogP contribution is 2.27. The van der Waals surface area contributed by atoms with Crippen molar-refractivity contribution < 1.29 is 23.8 Å². The molecule has 2 N–H and O–H groups in total.